The van der Waals surface area contributed by atoms with Crippen LogP contribution < -0.4 is 5.32 Å². The van der Waals surface area contributed by atoms with Crippen LogP contribution in [0.5, 0.6) is 0 Å². The van der Waals surface area contributed by atoms with Gasteiger partial charge in [0.15, 0.2) is 0 Å². The Labute approximate surface area is 107 Å². The Morgan fingerprint density at radius 2 is 2.06 bits per heavy atom. The molecule has 4 unspecified atom stereocenters. The molecule has 17 heavy (non-hydrogen) atoms. The highest BCUT2D eigenvalue weighted by atomic mass is 15.2. The number of hydrogen-bond acceptors (Lipinski definition) is 2. The topological polar surface area (TPSA) is 15.3 Å². The van der Waals surface area contributed by atoms with Crippen LogP contribution in [0.25, 0.3) is 0 Å². The lowest BCUT2D eigenvalue weighted by Gasteiger charge is -2.43. The van der Waals surface area contributed by atoms with Crippen molar-refractivity contribution in [2.24, 2.45) is 5.92 Å². The van der Waals surface area contributed by atoms with Crippen LogP contribution in [0.4, 0.5) is 0 Å². The molecule has 0 radical (unpaired) electrons. The van der Waals surface area contributed by atoms with Gasteiger partial charge >= 0.3 is 0 Å². The lowest BCUT2D eigenvalue weighted by molar-refractivity contribution is 0.0919. The zero-order valence-corrected chi connectivity index (χ0v) is 11.9. The molecule has 0 aromatic heterocycles. The Hall–Kier alpha value is -0.0800. The van der Waals surface area contributed by atoms with Gasteiger partial charge in [0.2, 0.25) is 0 Å². The molecule has 1 aliphatic carbocycles. The van der Waals surface area contributed by atoms with Gasteiger partial charge in [-0.25, -0.2) is 0 Å². The molecule has 1 saturated carbocycles. The van der Waals surface area contributed by atoms with Crippen LogP contribution in [0.3, 0.4) is 0 Å². The van der Waals surface area contributed by atoms with E-state index in [2.05, 4.69) is 31.1 Å². The van der Waals surface area contributed by atoms with E-state index in [9.17, 15) is 0 Å². The molecule has 2 nitrogen and oxygen atoms in total. The van der Waals surface area contributed by atoms with Gasteiger partial charge < -0.3 is 5.32 Å². The van der Waals surface area contributed by atoms with E-state index < -0.39 is 0 Å². The molecule has 1 heterocycles. The zero-order chi connectivity index (χ0) is 12.3. The Morgan fingerprint density at radius 1 is 1.24 bits per heavy atom. The molecule has 2 rings (SSSR count). The maximum Gasteiger partial charge on any atom is 0.0254 e. The molecule has 2 heteroatoms. The van der Waals surface area contributed by atoms with Crippen LogP contribution in [-0.2, 0) is 0 Å². The summed E-state index contributed by atoms with van der Waals surface area (Å²) >= 11 is 0. The van der Waals surface area contributed by atoms with E-state index in [0.29, 0.717) is 0 Å². The summed E-state index contributed by atoms with van der Waals surface area (Å²) in [7, 11) is 2.15. The minimum Gasteiger partial charge on any atom is -0.315 e. The second kappa shape index (κ2) is 6.19. The molecule has 2 aliphatic rings. The first-order valence-electron chi connectivity index (χ1n) is 7.69. The number of nitrogens with one attached hydrogen (secondary N) is 1. The number of likely N-dealkylation sites (tertiary alicyclic amines) is 1. The standard InChI is InChI=1S/C15H30N2/c1-4-6-13-8-9-14(16-3)15(11-13)17-10-5-7-12(17)2/h12-16H,4-11H2,1-3H3. The van der Waals surface area contributed by atoms with Gasteiger partial charge in [-0.05, 0) is 58.5 Å². The average Bonchev–Trinajstić information content (AvgIpc) is 2.76. The van der Waals surface area contributed by atoms with Crippen molar-refractivity contribution in [2.45, 2.75) is 76.9 Å². The lowest BCUT2D eigenvalue weighted by atomic mass is 9.79. The Bertz CT molecular complexity index is 229. The van der Waals surface area contributed by atoms with E-state index in [1.54, 1.807) is 0 Å². The molecule has 1 aliphatic heterocycles. The van der Waals surface area contributed by atoms with Gasteiger partial charge in [0.25, 0.3) is 0 Å². The minimum atomic E-state index is 0.739. The first-order valence-corrected chi connectivity index (χ1v) is 7.69. The van der Waals surface area contributed by atoms with Gasteiger partial charge in [-0.2, -0.15) is 0 Å². The van der Waals surface area contributed by atoms with Gasteiger partial charge in [0.1, 0.15) is 0 Å². The van der Waals surface area contributed by atoms with Gasteiger partial charge in [-0.3, -0.25) is 4.90 Å². The Balaban J connectivity index is 1.99. The number of hydrogen-bond donors (Lipinski definition) is 1. The SMILES string of the molecule is CCCC1CCC(NC)C(N2CCCC2C)C1. The molecule has 0 aromatic carbocycles. The van der Waals surface area contributed by atoms with Crippen molar-refractivity contribution in [2.75, 3.05) is 13.6 Å². The second-order valence-electron chi connectivity index (χ2n) is 6.16. The summed E-state index contributed by atoms with van der Waals surface area (Å²) in [5.74, 6) is 0.988. The van der Waals surface area contributed by atoms with Crippen molar-refractivity contribution in [3.05, 3.63) is 0 Å². The molecule has 0 bridgehead atoms. The van der Waals surface area contributed by atoms with Crippen molar-refractivity contribution in [3.63, 3.8) is 0 Å². The van der Waals surface area contributed by atoms with Crippen LogP contribution in [0.1, 0.15) is 58.8 Å². The number of likely N-dealkylation sites (N-methyl/N-ethyl adjacent to an activating group) is 1. The third-order valence-electron chi connectivity index (χ3n) is 5.02. The summed E-state index contributed by atoms with van der Waals surface area (Å²) < 4.78 is 0. The maximum atomic E-state index is 3.57. The smallest absolute Gasteiger partial charge is 0.0254 e. The molecule has 4 atom stereocenters. The molecule has 0 amide bonds. The Kier molecular flexibility index (Phi) is 4.87. The highest BCUT2D eigenvalue weighted by molar-refractivity contribution is 4.94. The molecular formula is C15H30N2. The van der Waals surface area contributed by atoms with Crippen LogP contribution in [0, 0.1) is 5.92 Å². The van der Waals surface area contributed by atoms with Crippen molar-refractivity contribution in [1.82, 2.24) is 10.2 Å². The fourth-order valence-electron chi connectivity index (χ4n) is 4.05. The van der Waals surface area contributed by atoms with Crippen LogP contribution in [-0.4, -0.2) is 36.6 Å². The van der Waals surface area contributed by atoms with E-state index in [4.69, 9.17) is 0 Å². The largest absolute Gasteiger partial charge is 0.315 e. The predicted octanol–water partition coefficient (Wildman–Crippen LogP) is 3.03. The van der Waals surface area contributed by atoms with Gasteiger partial charge in [0, 0.05) is 18.1 Å². The van der Waals surface area contributed by atoms with E-state index in [-0.39, 0.29) is 0 Å². The summed E-state index contributed by atoms with van der Waals surface area (Å²) in [6.07, 6.45) is 9.88. The summed E-state index contributed by atoms with van der Waals surface area (Å²) in [5.41, 5.74) is 0. The normalized spacial score (nSPS) is 39.7. The van der Waals surface area contributed by atoms with Gasteiger partial charge in [-0.15, -0.1) is 0 Å². The van der Waals surface area contributed by atoms with Gasteiger partial charge in [0.05, 0.1) is 0 Å². The first-order chi connectivity index (χ1) is 8.26. The van der Waals surface area contributed by atoms with Crippen molar-refractivity contribution in [3.8, 4) is 0 Å². The molecule has 100 valence electrons. The lowest BCUT2D eigenvalue weighted by Crippen LogP contribution is -2.53. The van der Waals surface area contributed by atoms with Crippen LogP contribution in [0.15, 0.2) is 0 Å². The molecule has 2 fully saturated rings. The molecular weight excluding hydrogens is 208 g/mol. The predicted molar refractivity (Wildman–Crippen MR) is 74.3 cm³/mol. The maximum absolute atomic E-state index is 3.57. The summed E-state index contributed by atoms with van der Waals surface area (Å²) in [6.45, 7) is 6.09. The highest BCUT2D eigenvalue weighted by Gasteiger charge is 2.36. The highest BCUT2D eigenvalue weighted by Crippen LogP contribution is 2.34. The van der Waals surface area contributed by atoms with E-state index >= 15 is 0 Å². The molecule has 1 saturated heterocycles. The minimum absolute atomic E-state index is 0.739. The van der Waals surface area contributed by atoms with E-state index in [1.165, 1.54) is 51.5 Å². The van der Waals surface area contributed by atoms with Crippen LogP contribution in [0.2, 0.25) is 0 Å². The first kappa shape index (κ1) is 13.4. The van der Waals surface area contributed by atoms with E-state index in [0.717, 1.165) is 24.0 Å². The number of nitrogens with zero attached hydrogens (tertiary/aromatic N) is 1. The van der Waals surface area contributed by atoms with Crippen molar-refractivity contribution < 1.29 is 0 Å². The van der Waals surface area contributed by atoms with Crippen molar-refractivity contribution >= 4 is 0 Å². The third-order valence-corrected chi connectivity index (χ3v) is 5.02. The van der Waals surface area contributed by atoms with Crippen LogP contribution >= 0.6 is 0 Å². The van der Waals surface area contributed by atoms with E-state index in [1.807, 2.05) is 0 Å². The summed E-state index contributed by atoms with van der Waals surface area (Å²) in [4.78, 5) is 2.79. The quantitative estimate of drug-likeness (QED) is 0.810. The molecule has 0 spiro atoms. The Morgan fingerprint density at radius 3 is 2.65 bits per heavy atom. The fraction of sp³-hybridized carbons (Fsp3) is 1.00. The zero-order valence-electron chi connectivity index (χ0n) is 11.9. The fourth-order valence-corrected chi connectivity index (χ4v) is 4.05. The molecule has 0 aromatic rings. The average molecular weight is 238 g/mol. The van der Waals surface area contributed by atoms with Crippen molar-refractivity contribution in [1.29, 1.82) is 0 Å². The molecule has 1 N–H and O–H groups in total. The third kappa shape index (κ3) is 3.03. The second-order valence-corrected chi connectivity index (χ2v) is 6.16. The summed E-state index contributed by atoms with van der Waals surface area (Å²) in [6, 6.07) is 2.36. The summed E-state index contributed by atoms with van der Waals surface area (Å²) in [5, 5.41) is 3.57. The number of rotatable bonds is 4. The van der Waals surface area contributed by atoms with Gasteiger partial charge in [-0.1, -0.05) is 19.8 Å². The monoisotopic (exact) mass is 238 g/mol.